The number of hydrogen-bond acceptors (Lipinski definition) is 6. The summed E-state index contributed by atoms with van der Waals surface area (Å²) >= 11 is 13.6. The van der Waals surface area contributed by atoms with Gasteiger partial charge in [-0.15, -0.1) is 5.10 Å². The van der Waals surface area contributed by atoms with Crippen LogP contribution in [0.4, 0.5) is 5.69 Å². The highest BCUT2D eigenvalue weighted by Gasteiger charge is 2.38. The lowest BCUT2D eigenvalue weighted by Crippen LogP contribution is -2.42. The van der Waals surface area contributed by atoms with Gasteiger partial charge in [0, 0.05) is 83.2 Å². The van der Waals surface area contributed by atoms with E-state index in [1.807, 2.05) is 73.4 Å². The fourth-order valence-electron chi connectivity index (χ4n) is 9.14. The van der Waals surface area contributed by atoms with Crippen LogP contribution in [0.3, 0.4) is 0 Å². The zero-order valence-electron chi connectivity index (χ0n) is 34.1. The quantitative estimate of drug-likeness (QED) is 0.135. The van der Waals surface area contributed by atoms with Gasteiger partial charge in [-0.2, -0.15) is 5.10 Å². The standard InChI is InChI=1S/C45H48Cl2N8O3/c1-25-19-31(20-26(2)41(25)47)57-18-10-11-32-33-14-15-35(46)40(39-28(4)49-52(7)29(39)5)42(33)55-27(3)22-53(45(56)43(32)55)37-23-51(6)36-16-13-30(21-34(36)37)44-48-24-54(50-44)38-12-8-9-17-58-38/h13-16,19-21,23-24,27,38H,8-12,17-18,22H2,1-7H3/t27-,38?/m1/s1. The first-order chi connectivity index (χ1) is 27.9. The second-order valence-electron chi connectivity index (χ2n) is 16.0. The van der Waals surface area contributed by atoms with Crippen molar-refractivity contribution in [1.29, 1.82) is 0 Å². The lowest BCUT2D eigenvalue weighted by molar-refractivity contribution is -0.0395. The van der Waals surface area contributed by atoms with Gasteiger partial charge in [0.2, 0.25) is 0 Å². The summed E-state index contributed by atoms with van der Waals surface area (Å²) in [4.78, 5) is 22.0. The van der Waals surface area contributed by atoms with Crippen LogP contribution in [0.5, 0.6) is 5.75 Å². The van der Waals surface area contributed by atoms with Crippen molar-refractivity contribution in [3.05, 3.63) is 98.8 Å². The maximum absolute atomic E-state index is 15.3. The molecule has 300 valence electrons. The molecule has 1 amide bonds. The Morgan fingerprint density at radius 1 is 0.948 bits per heavy atom. The number of hydrogen-bond donors (Lipinski definition) is 0. The van der Waals surface area contributed by atoms with Gasteiger partial charge >= 0.3 is 0 Å². The van der Waals surface area contributed by atoms with Crippen molar-refractivity contribution in [3.8, 4) is 28.3 Å². The van der Waals surface area contributed by atoms with Crippen LogP contribution < -0.4 is 9.64 Å². The van der Waals surface area contributed by atoms with Crippen molar-refractivity contribution < 1.29 is 14.3 Å². The van der Waals surface area contributed by atoms with Crippen molar-refractivity contribution in [3.63, 3.8) is 0 Å². The number of ether oxygens (including phenoxy) is 2. The van der Waals surface area contributed by atoms with Crippen LogP contribution in [-0.4, -0.2) is 59.3 Å². The van der Waals surface area contributed by atoms with Gasteiger partial charge in [-0.1, -0.05) is 29.3 Å². The molecule has 0 aliphatic carbocycles. The van der Waals surface area contributed by atoms with Crippen LogP contribution in [0.1, 0.15) is 83.4 Å². The van der Waals surface area contributed by atoms with Gasteiger partial charge in [-0.25, -0.2) is 9.67 Å². The largest absolute Gasteiger partial charge is 0.494 e. The molecule has 1 saturated heterocycles. The van der Waals surface area contributed by atoms with Crippen molar-refractivity contribution in [1.82, 2.24) is 33.7 Å². The minimum absolute atomic E-state index is 0.0503. The minimum atomic E-state index is -0.0989. The van der Waals surface area contributed by atoms with E-state index in [9.17, 15) is 0 Å². The van der Waals surface area contributed by atoms with E-state index < -0.39 is 0 Å². The van der Waals surface area contributed by atoms with Crippen molar-refractivity contribution >= 4 is 56.6 Å². The van der Waals surface area contributed by atoms with Crippen molar-refractivity contribution in [2.45, 2.75) is 79.0 Å². The fraction of sp³-hybridized carbons (Fsp3) is 0.378. The van der Waals surface area contributed by atoms with Gasteiger partial charge in [0.25, 0.3) is 5.91 Å². The second-order valence-corrected chi connectivity index (χ2v) is 16.8. The summed E-state index contributed by atoms with van der Waals surface area (Å²) in [6.45, 7) is 11.9. The SMILES string of the molecule is Cc1cc(OCCCc2c3n(c4c(-c5c(C)nn(C)c5C)c(Cl)ccc24)[C@H](C)CN(c2cn(C)c4ccc(-c5ncn(C6CCCCO6)n5)cc24)C3=O)cc(C)c1Cl. The van der Waals surface area contributed by atoms with E-state index in [0.717, 1.165) is 109 Å². The lowest BCUT2D eigenvalue weighted by Gasteiger charge is -2.34. The van der Waals surface area contributed by atoms with Crippen LogP contribution in [0.25, 0.3) is 44.3 Å². The maximum atomic E-state index is 15.3. The summed E-state index contributed by atoms with van der Waals surface area (Å²) in [5.74, 6) is 1.36. The molecule has 4 aromatic heterocycles. The summed E-state index contributed by atoms with van der Waals surface area (Å²) in [6.07, 6.45) is 8.14. The number of fused-ring (bicyclic) bond motifs is 4. The molecule has 7 aromatic rings. The molecule has 6 heterocycles. The van der Waals surface area contributed by atoms with Gasteiger partial charge in [0.1, 0.15) is 17.8 Å². The maximum Gasteiger partial charge on any atom is 0.275 e. The zero-order chi connectivity index (χ0) is 40.6. The summed E-state index contributed by atoms with van der Waals surface area (Å²) in [5.41, 5.74) is 11.1. The van der Waals surface area contributed by atoms with Gasteiger partial charge < -0.3 is 23.5 Å². The highest BCUT2D eigenvalue weighted by Crippen LogP contribution is 2.46. The Balaban J connectivity index is 1.13. The molecule has 1 unspecified atom stereocenters. The molecule has 2 aliphatic heterocycles. The van der Waals surface area contributed by atoms with Crippen LogP contribution in [0.2, 0.25) is 10.0 Å². The molecule has 0 spiro atoms. The number of nitrogens with zero attached hydrogens (tertiary/aromatic N) is 8. The first-order valence-electron chi connectivity index (χ1n) is 20.1. The molecule has 1 fully saturated rings. The topological polar surface area (TPSA) is 97.2 Å². The third-order valence-electron chi connectivity index (χ3n) is 12.0. The van der Waals surface area contributed by atoms with E-state index in [1.54, 1.807) is 6.33 Å². The van der Waals surface area contributed by atoms with Crippen LogP contribution >= 0.6 is 23.2 Å². The number of rotatable bonds is 9. The Kier molecular flexibility index (Phi) is 9.89. The molecule has 9 rings (SSSR count). The lowest BCUT2D eigenvalue weighted by atomic mass is 9.98. The third kappa shape index (κ3) is 6.38. The number of aryl methyl sites for hydroxylation is 6. The average Bonchev–Trinajstić information content (AvgIpc) is 3.97. The molecule has 2 atom stereocenters. The highest BCUT2D eigenvalue weighted by atomic mass is 35.5. The molecule has 13 heteroatoms. The fourth-order valence-corrected chi connectivity index (χ4v) is 9.50. The first kappa shape index (κ1) is 38.4. The molecular formula is C45H48Cl2N8O3. The Morgan fingerprint density at radius 3 is 2.47 bits per heavy atom. The van der Waals surface area contributed by atoms with Gasteiger partial charge in [0.05, 0.1) is 28.5 Å². The molecule has 11 nitrogen and oxygen atoms in total. The average molecular weight is 820 g/mol. The summed E-state index contributed by atoms with van der Waals surface area (Å²) < 4.78 is 20.3. The number of benzene rings is 3. The number of carbonyl (C=O) groups is 1. The van der Waals surface area contributed by atoms with E-state index >= 15 is 4.79 Å². The van der Waals surface area contributed by atoms with E-state index in [4.69, 9.17) is 42.9 Å². The Labute approximate surface area is 348 Å². The summed E-state index contributed by atoms with van der Waals surface area (Å²) in [5, 5.41) is 13.0. The molecule has 0 radical (unpaired) electrons. The van der Waals surface area contributed by atoms with Gasteiger partial charge in [-0.3, -0.25) is 9.48 Å². The molecule has 0 N–H and O–H groups in total. The number of amides is 1. The van der Waals surface area contributed by atoms with Crippen molar-refractivity contribution in [2.75, 3.05) is 24.7 Å². The highest BCUT2D eigenvalue weighted by molar-refractivity contribution is 6.35. The Hall–Kier alpha value is -5.10. The van der Waals surface area contributed by atoms with E-state index in [0.29, 0.717) is 42.5 Å². The molecule has 3 aromatic carbocycles. The summed E-state index contributed by atoms with van der Waals surface area (Å²) in [7, 11) is 3.98. The first-order valence-corrected chi connectivity index (χ1v) is 20.9. The second kappa shape index (κ2) is 14.9. The number of halogens is 2. The van der Waals surface area contributed by atoms with Crippen LogP contribution in [0.15, 0.2) is 55.0 Å². The van der Waals surface area contributed by atoms with Gasteiger partial charge in [-0.05, 0) is 120 Å². The monoisotopic (exact) mass is 818 g/mol. The molecule has 2 aliphatic rings. The van der Waals surface area contributed by atoms with E-state index in [2.05, 4.69) is 52.4 Å². The third-order valence-corrected chi connectivity index (χ3v) is 13.0. The van der Waals surface area contributed by atoms with Crippen LogP contribution in [-0.2, 0) is 25.3 Å². The minimum Gasteiger partial charge on any atom is -0.494 e. The summed E-state index contributed by atoms with van der Waals surface area (Å²) in [6, 6.07) is 14.2. The number of anilines is 1. The molecule has 0 saturated carbocycles. The smallest absolute Gasteiger partial charge is 0.275 e. The van der Waals surface area contributed by atoms with Crippen LogP contribution in [0, 0.1) is 27.7 Å². The normalized spacial score (nSPS) is 17.2. The van der Waals surface area contributed by atoms with Crippen molar-refractivity contribution in [2.24, 2.45) is 14.1 Å². The number of aromatic nitrogens is 7. The Bertz CT molecular complexity index is 2730. The zero-order valence-corrected chi connectivity index (χ0v) is 35.6. The predicted octanol–water partition coefficient (Wildman–Crippen LogP) is 10.3. The number of carbonyl (C=O) groups excluding carboxylic acids is 1. The van der Waals surface area contributed by atoms with Gasteiger partial charge in [0.15, 0.2) is 12.1 Å². The molecule has 0 bridgehead atoms. The van der Waals surface area contributed by atoms with E-state index in [1.165, 1.54) is 0 Å². The molecule has 58 heavy (non-hydrogen) atoms. The van der Waals surface area contributed by atoms with E-state index in [-0.39, 0.29) is 18.2 Å². The molecular weight excluding hydrogens is 771 g/mol. The Morgan fingerprint density at radius 2 is 1.74 bits per heavy atom. The predicted molar refractivity (Wildman–Crippen MR) is 231 cm³/mol.